The van der Waals surface area contributed by atoms with Gasteiger partial charge in [0.2, 0.25) is 0 Å². The molecule has 1 saturated heterocycles. The number of morpholine rings is 1. The first-order valence-electron chi connectivity index (χ1n) is 5.52. The minimum atomic E-state index is 0.276. The third-order valence-corrected chi connectivity index (χ3v) is 2.64. The van der Waals surface area contributed by atoms with Crippen LogP contribution in [0.4, 0.5) is 0 Å². The Labute approximate surface area is 90.2 Å². The number of rotatable bonds is 4. The number of furan rings is 1. The van der Waals surface area contributed by atoms with E-state index in [-0.39, 0.29) is 6.04 Å². The smallest absolute Gasteiger partial charge is 0.122 e. The van der Waals surface area contributed by atoms with Crippen LogP contribution in [-0.2, 0) is 4.74 Å². The van der Waals surface area contributed by atoms with E-state index in [1.807, 2.05) is 12.1 Å². The summed E-state index contributed by atoms with van der Waals surface area (Å²) >= 11 is 0. The van der Waals surface area contributed by atoms with E-state index in [4.69, 9.17) is 9.15 Å². The molecule has 4 nitrogen and oxygen atoms in total. The van der Waals surface area contributed by atoms with Gasteiger partial charge in [-0.05, 0) is 18.6 Å². The largest absolute Gasteiger partial charge is 0.468 e. The number of hydrazine groups is 1. The Kier molecular flexibility index (Phi) is 3.77. The van der Waals surface area contributed by atoms with E-state index in [1.54, 1.807) is 6.26 Å². The summed E-state index contributed by atoms with van der Waals surface area (Å²) in [5.41, 5.74) is 3.47. The highest BCUT2D eigenvalue weighted by Gasteiger charge is 2.17. The van der Waals surface area contributed by atoms with Gasteiger partial charge in [0.05, 0.1) is 25.5 Å². The Balaban J connectivity index is 1.90. The molecular weight excluding hydrogens is 192 g/mol. The summed E-state index contributed by atoms with van der Waals surface area (Å²) in [7, 11) is 0. The first kappa shape index (κ1) is 10.7. The first-order chi connectivity index (χ1) is 7.40. The fraction of sp³-hybridized carbons (Fsp3) is 0.636. The van der Waals surface area contributed by atoms with Gasteiger partial charge in [0.15, 0.2) is 0 Å². The molecule has 0 aliphatic carbocycles. The van der Waals surface area contributed by atoms with E-state index >= 15 is 0 Å². The van der Waals surface area contributed by atoms with Gasteiger partial charge in [-0.2, -0.15) is 0 Å². The molecule has 1 aromatic rings. The molecule has 0 spiro atoms. The van der Waals surface area contributed by atoms with Crippen molar-refractivity contribution in [2.45, 2.75) is 19.4 Å². The van der Waals surface area contributed by atoms with E-state index in [2.05, 4.69) is 17.4 Å². The van der Waals surface area contributed by atoms with Gasteiger partial charge in [0.25, 0.3) is 0 Å². The number of hydrogen-bond acceptors (Lipinski definition) is 4. The zero-order valence-corrected chi connectivity index (χ0v) is 9.11. The van der Waals surface area contributed by atoms with Gasteiger partial charge in [0, 0.05) is 13.1 Å². The van der Waals surface area contributed by atoms with Crippen molar-refractivity contribution in [3.63, 3.8) is 0 Å². The molecule has 1 aliphatic heterocycles. The standard InChI is InChI=1S/C11H18N2O2/c1-2-10(11-4-3-7-15-11)12-13-5-8-14-9-6-13/h3-4,7,10,12H,2,5-6,8-9H2,1H3. The zero-order chi connectivity index (χ0) is 10.5. The van der Waals surface area contributed by atoms with Crippen molar-refractivity contribution in [1.29, 1.82) is 0 Å². The number of nitrogens with one attached hydrogen (secondary N) is 1. The highest BCUT2D eigenvalue weighted by atomic mass is 16.5. The van der Waals surface area contributed by atoms with Crippen LogP contribution in [0.5, 0.6) is 0 Å². The van der Waals surface area contributed by atoms with E-state index in [0.717, 1.165) is 38.5 Å². The molecule has 1 aliphatic rings. The van der Waals surface area contributed by atoms with Crippen LogP contribution in [0.1, 0.15) is 25.1 Å². The summed E-state index contributed by atoms with van der Waals surface area (Å²) in [4.78, 5) is 0. The van der Waals surface area contributed by atoms with Crippen LogP contribution in [0.3, 0.4) is 0 Å². The molecule has 2 rings (SSSR count). The van der Waals surface area contributed by atoms with Crippen LogP contribution in [0.15, 0.2) is 22.8 Å². The fourth-order valence-electron chi connectivity index (χ4n) is 1.76. The third-order valence-electron chi connectivity index (χ3n) is 2.64. The maximum absolute atomic E-state index is 5.41. The highest BCUT2D eigenvalue weighted by Crippen LogP contribution is 2.17. The average Bonchev–Trinajstić information content (AvgIpc) is 2.81. The maximum atomic E-state index is 5.41. The lowest BCUT2D eigenvalue weighted by Crippen LogP contribution is -2.47. The minimum absolute atomic E-state index is 0.276. The molecule has 1 unspecified atom stereocenters. The maximum Gasteiger partial charge on any atom is 0.122 e. The van der Waals surface area contributed by atoms with Crippen LogP contribution < -0.4 is 5.43 Å². The van der Waals surface area contributed by atoms with E-state index in [0.29, 0.717) is 0 Å². The molecule has 1 N–H and O–H groups in total. The summed E-state index contributed by atoms with van der Waals surface area (Å²) in [6, 6.07) is 4.22. The predicted molar refractivity (Wildman–Crippen MR) is 57.3 cm³/mol. The lowest BCUT2D eigenvalue weighted by Gasteiger charge is -2.30. The number of ether oxygens (including phenoxy) is 1. The van der Waals surface area contributed by atoms with Gasteiger partial charge in [0.1, 0.15) is 5.76 Å². The van der Waals surface area contributed by atoms with E-state index in [1.165, 1.54) is 0 Å². The zero-order valence-electron chi connectivity index (χ0n) is 9.11. The quantitative estimate of drug-likeness (QED) is 0.818. The topological polar surface area (TPSA) is 37.6 Å². The summed E-state index contributed by atoms with van der Waals surface area (Å²) in [6.45, 7) is 5.65. The highest BCUT2D eigenvalue weighted by molar-refractivity contribution is 5.03. The van der Waals surface area contributed by atoms with Gasteiger partial charge in [-0.3, -0.25) is 0 Å². The average molecular weight is 210 g/mol. The van der Waals surface area contributed by atoms with Crippen molar-refractivity contribution in [2.24, 2.45) is 0 Å². The van der Waals surface area contributed by atoms with Crippen molar-refractivity contribution >= 4 is 0 Å². The van der Waals surface area contributed by atoms with Crippen LogP contribution in [0.2, 0.25) is 0 Å². The summed E-state index contributed by atoms with van der Waals surface area (Å²) in [6.07, 6.45) is 2.74. The van der Waals surface area contributed by atoms with Crippen LogP contribution in [0, 0.1) is 0 Å². The molecule has 0 saturated carbocycles. The van der Waals surface area contributed by atoms with Crippen molar-refractivity contribution < 1.29 is 9.15 Å². The summed E-state index contributed by atoms with van der Waals surface area (Å²) in [5.74, 6) is 1.00. The lowest BCUT2D eigenvalue weighted by atomic mass is 10.2. The third kappa shape index (κ3) is 2.81. The van der Waals surface area contributed by atoms with Gasteiger partial charge < -0.3 is 9.15 Å². The molecule has 1 aromatic heterocycles. The Morgan fingerprint density at radius 1 is 1.47 bits per heavy atom. The molecular formula is C11H18N2O2. The molecule has 1 atom stereocenters. The molecule has 84 valence electrons. The molecule has 15 heavy (non-hydrogen) atoms. The second-order valence-electron chi connectivity index (χ2n) is 3.70. The normalized spacial score (nSPS) is 20.3. The lowest BCUT2D eigenvalue weighted by molar-refractivity contribution is 0.00115. The Bertz CT molecular complexity index is 268. The van der Waals surface area contributed by atoms with E-state index in [9.17, 15) is 0 Å². The van der Waals surface area contributed by atoms with Crippen LogP contribution >= 0.6 is 0 Å². The van der Waals surface area contributed by atoms with Crippen molar-refractivity contribution in [3.05, 3.63) is 24.2 Å². The Hall–Kier alpha value is -0.840. The molecule has 0 bridgehead atoms. The van der Waals surface area contributed by atoms with Crippen molar-refractivity contribution in [1.82, 2.24) is 10.4 Å². The van der Waals surface area contributed by atoms with Crippen LogP contribution in [0.25, 0.3) is 0 Å². The fourth-order valence-corrected chi connectivity index (χ4v) is 1.76. The second-order valence-corrected chi connectivity index (χ2v) is 3.70. The Morgan fingerprint density at radius 2 is 2.27 bits per heavy atom. The second kappa shape index (κ2) is 5.30. The van der Waals surface area contributed by atoms with Gasteiger partial charge in [-0.1, -0.05) is 6.92 Å². The van der Waals surface area contributed by atoms with Crippen molar-refractivity contribution in [3.8, 4) is 0 Å². The number of hydrogen-bond donors (Lipinski definition) is 1. The summed E-state index contributed by atoms with van der Waals surface area (Å²) in [5, 5.41) is 2.21. The molecule has 1 fully saturated rings. The predicted octanol–water partition coefficient (Wildman–Crippen LogP) is 1.57. The van der Waals surface area contributed by atoms with E-state index < -0.39 is 0 Å². The first-order valence-corrected chi connectivity index (χ1v) is 5.52. The SMILES string of the molecule is CCC(NN1CCOCC1)c1ccco1. The molecule has 2 heterocycles. The minimum Gasteiger partial charge on any atom is -0.468 e. The molecule has 4 heteroatoms. The summed E-state index contributed by atoms with van der Waals surface area (Å²) < 4.78 is 10.7. The van der Waals surface area contributed by atoms with Gasteiger partial charge in [-0.15, -0.1) is 0 Å². The van der Waals surface area contributed by atoms with Crippen LogP contribution in [-0.4, -0.2) is 31.3 Å². The van der Waals surface area contributed by atoms with Gasteiger partial charge >= 0.3 is 0 Å². The monoisotopic (exact) mass is 210 g/mol. The Morgan fingerprint density at radius 3 is 2.87 bits per heavy atom. The number of nitrogens with zero attached hydrogens (tertiary/aromatic N) is 1. The van der Waals surface area contributed by atoms with Gasteiger partial charge in [-0.25, -0.2) is 10.4 Å². The molecule has 0 amide bonds. The molecule has 0 aromatic carbocycles. The van der Waals surface area contributed by atoms with Crippen molar-refractivity contribution in [2.75, 3.05) is 26.3 Å². The molecule has 0 radical (unpaired) electrons.